The number of aromatic nitrogens is 1. The molecule has 0 aliphatic rings. The summed E-state index contributed by atoms with van der Waals surface area (Å²) in [4.78, 5) is 28.0. The topological polar surface area (TPSA) is 79.3 Å². The summed E-state index contributed by atoms with van der Waals surface area (Å²) < 4.78 is 13.8. The maximum Gasteiger partial charge on any atom is 0.326 e. The Morgan fingerprint density at radius 2 is 1.96 bits per heavy atom. The van der Waals surface area contributed by atoms with Crippen molar-refractivity contribution in [3.05, 3.63) is 40.7 Å². The van der Waals surface area contributed by atoms with E-state index in [1.54, 1.807) is 39.0 Å². The van der Waals surface area contributed by atoms with Gasteiger partial charge >= 0.3 is 5.97 Å². The van der Waals surface area contributed by atoms with E-state index in [0.29, 0.717) is 16.3 Å². The average molecular weight is 336 g/mol. The Kier molecular flexibility index (Phi) is 5.10. The van der Waals surface area contributed by atoms with Gasteiger partial charge in [-0.2, -0.15) is 0 Å². The largest absolute Gasteiger partial charge is 0.480 e. The highest BCUT2D eigenvalue weighted by atomic mass is 32.1. The smallest absolute Gasteiger partial charge is 0.326 e. The van der Waals surface area contributed by atoms with E-state index in [4.69, 9.17) is 5.11 Å². The highest BCUT2D eigenvalue weighted by molar-refractivity contribution is 7.17. The van der Waals surface area contributed by atoms with Crippen LogP contribution in [0.15, 0.2) is 24.3 Å². The van der Waals surface area contributed by atoms with Gasteiger partial charge in [-0.3, -0.25) is 4.79 Å². The molecule has 5 nitrogen and oxygen atoms in total. The number of benzene rings is 1. The molecule has 2 N–H and O–H groups in total. The molecule has 0 aliphatic heterocycles. The van der Waals surface area contributed by atoms with Gasteiger partial charge in [0.1, 0.15) is 21.7 Å². The second-order valence-electron chi connectivity index (χ2n) is 5.45. The van der Waals surface area contributed by atoms with Crippen LogP contribution in [0, 0.1) is 18.7 Å². The predicted molar refractivity (Wildman–Crippen MR) is 86.0 cm³/mol. The van der Waals surface area contributed by atoms with Crippen LogP contribution in [-0.2, 0) is 4.79 Å². The number of carbonyl (C=O) groups is 2. The molecule has 1 amide bonds. The van der Waals surface area contributed by atoms with E-state index in [1.807, 2.05) is 0 Å². The second-order valence-corrected chi connectivity index (χ2v) is 6.45. The van der Waals surface area contributed by atoms with Gasteiger partial charge in [0, 0.05) is 5.56 Å². The summed E-state index contributed by atoms with van der Waals surface area (Å²) >= 11 is 1.04. The molecule has 0 saturated heterocycles. The van der Waals surface area contributed by atoms with Gasteiger partial charge < -0.3 is 10.4 Å². The molecule has 2 rings (SSSR count). The Morgan fingerprint density at radius 3 is 2.52 bits per heavy atom. The maximum atomic E-state index is 13.8. The normalized spacial score (nSPS) is 12.2. The van der Waals surface area contributed by atoms with Gasteiger partial charge in [0.25, 0.3) is 5.91 Å². The third-order valence-corrected chi connectivity index (χ3v) is 4.52. The fourth-order valence-electron chi connectivity index (χ4n) is 2.08. The van der Waals surface area contributed by atoms with Crippen LogP contribution in [-0.4, -0.2) is 28.0 Å². The molecule has 1 unspecified atom stereocenters. The lowest BCUT2D eigenvalue weighted by molar-refractivity contribution is -0.140. The molecule has 23 heavy (non-hydrogen) atoms. The minimum Gasteiger partial charge on any atom is -0.480 e. The van der Waals surface area contributed by atoms with Crippen LogP contribution >= 0.6 is 11.3 Å². The summed E-state index contributed by atoms with van der Waals surface area (Å²) in [6.45, 7) is 5.06. The van der Waals surface area contributed by atoms with Crippen molar-refractivity contribution >= 4 is 23.2 Å². The molecule has 1 aromatic carbocycles. The number of carboxylic acid groups (broad SMARTS) is 1. The number of rotatable bonds is 5. The van der Waals surface area contributed by atoms with Crippen LogP contribution < -0.4 is 5.32 Å². The Bertz CT molecular complexity index is 743. The van der Waals surface area contributed by atoms with Crippen LogP contribution in [0.5, 0.6) is 0 Å². The van der Waals surface area contributed by atoms with Crippen LogP contribution in [0.2, 0.25) is 0 Å². The first-order valence-electron chi connectivity index (χ1n) is 7.07. The van der Waals surface area contributed by atoms with Crippen LogP contribution in [0.25, 0.3) is 10.6 Å². The minimum absolute atomic E-state index is 0.254. The summed E-state index contributed by atoms with van der Waals surface area (Å²) in [5.41, 5.74) is 0.761. The summed E-state index contributed by atoms with van der Waals surface area (Å²) in [6, 6.07) is 5.19. The van der Waals surface area contributed by atoms with E-state index in [0.717, 1.165) is 11.3 Å². The zero-order chi connectivity index (χ0) is 17.1. The summed E-state index contributed by atoms with van der Waals surface area (Å²) in [5, 5.41) is 12.0. The molecule has 1 atom stereocenters. The van der Waals surface area contributed by atoms with E-state index in [9.17, 15) is 14.0 Å². The van der Waals surface area contributed by atoms with Crippen molar-refractivity contribution in [2.24, 2.45) is 5.92 Å². The van der Waals surface area contributed by atoms with E-state index in [1.165, 1.54) is 6.07 Å². The molecular weight excluding hydrogens is 319 g/mol. The SMILES string of the molecule is Cc1nc(-c2ccccc2F)sc1C(=O)NC(C(=O)O)C(C)C. The average Bonchev–Trinajstić information content (AvgIpc) is 2.86. The molecule has 0 spiro atoms. The third-order valence-electron chi connectivity index (χ3n) is 3.33. The van der Waals surface area contributed by atoms with Gasteiger partial charge in [-0.1, -0.05) is 26.0 Å². The molecule has 0 aliphatic carbocycles. The Balaban J connectivity index is 2.29. The number of aliphatic carboxylic acids is 1. The first-order valence-corrected chi connectivity index (χ1v) is 7.89. The second kappa shape index (κ2) is 6.87. The first-order chi connectivity index (χ1) is 10.8. The lowest BCUT2D eigenvalue weighted by Crippen LogP contribution is -2.44. The molecule has 0 fully saturated rings. The number of halogens is 1. The van der Waals surface area contributed by atoms with Crippen LogP contribution in [0.3, 0.4) is 0 Å². The molecule has 0 saturated carbocycles. The van der Waals surface area contributed by atoms with Crippen molar-refractivity contribution in [3.8, 4) is 10.6 Å². The van der Waals surface area contributed by atoms with Crippen molar-refractivity contribution in [1.29, 1.82) is 0 Å². The lowest BCUT2D eigenvalue weighted by Gasteiger charge is -2.17. The predicted octanol–water partition coefficient (Wildman–Crippen LogP) is 3.10. The summed E-state index contributed by atoms with van der Waals surface area (Å²) in [5.74, 6) is -2.27. The molecule has 0 bridgehead atoms. The fraction of sp³-hybridized carbons (Fsp3) is 0.312. The number of carbonyl (C=O) groups excluding carboxylic acids is 1. The van der Waals surface area contributed by atoms with Gasteiger partial charge in [-0.25, -0.2) is 14.2 Å². The first kappa shape index (κ1) is 17.1. The molecule has 122 valence electrons. The lowest BCUT2D eigenvalue weighted by atomic mass is 10.0. The quantitative estimate of drug-likeness (QED) is 0.879. The molecule has 2 aromatic rings. The number of nitrogens with one attached hydrogen (secondary N) is 1. The fourth-order valence-corrected chi connectivity index (χ4v) is 3.07. The number of thiazole rings is 1. The molecule has 0 radical (unpaired) electrons. The zero-order valence-corrected chi connectivity index (χ0v) is 13.8. The van der Waals surface area contributed by atoms with E-state index >= 15 is 0 Å². The highest BCUT2D eigenvalue weighted by Crippen LogP contribution is 2.29. The van der Waals surface area contributed by atoms with E-state index in [2.05, 4.69) is 10.3 Å². The summed E-state index contributed by atoms with van der Waals surface area (Å²) in [7, 11) is 0. The zero-order valence-electron chi connectivity index (χ0n) is 13.0. The monoisotopic (exact) mass is 336 g/mol. The number of hydrogen-bond donors (Lipinski definition) is 2. The van der Waals surface area contributed by atoms with Crippen LogP contribution in [0.4, 0.5) is 4.39 Å². The summed E-state index contributed by atoms with van der Waals surface area (Å²) in [6.07, 6.45) is 0. The van der Waals surface area contributed by atoms with Gasteiger partial charge in [-0.05, 0) is 25.0 Å². The van der Waals surface area contributed by atoms with Crippen molar-refractivity contribution < 1.29 is 19.1 Å². The molecule has 1 heterocycles. The highest BCUT2D eigenvalue weighted by Gasteiger charge is 2.26. The number of nitrogens with zero attached hydrogens (tertiary/aromatic N) is 1. The third kappa shape index (κ3) is 3.73. The number of carboxylic acids is 1. The molecule has 7 heteroatoms. The minimum atomic E-state index is -1.09. The number of amides is 1. The Hall–Kier alpha value is -2.28. The molecule has 1 aromatic heterocycles. The van der Waals surface area contributed by atoms with Crippen LogP contribution in [0.1, 0.15) is 29.2 Å². The van der Waals surface area contributed by atoms with Gasteiger partial charge in [-0.15, -0.1) is 11.3 Å². The van der Waals surface area contributed by atoms with E-state index < -0.39 is 23.7 Å². The van der Waals surface area contributed by atoms with Gasteiger partial charge in [0.15, 0.2) is 0 Å². The number of hydrogen-bond acceptors (Lipinski definition) is 4. The standard InChI is InChI=1S/C16H17FN2O3S/c1-8(2)12(16(21)22)19-14(20)13-9(3)18-15(23-13)10-6-4-5-7-11(10)17/h4-8,12H,1-3H3,(H,19,20)(H,21,22). The van der Waals surface area contributed by atoms with Gasteiger partial charge in [0.2, 0.25) is 0 Å². The van der Waals surface area contributed by atoms with Crippen molar-refractivity contribution in [3.63, 3.8) is 0 Å². The maximum absolute atomic E-state index is 13.8. The Labute approximate surface area is 137 Å². The van der Waals surface area contributed by atoms with Crippen molar-refractivity contribution in [2.45, 2.75) is 26.8 Å². The van der Waals surface area contributed by atoms with Crippen molar-refractivity contribution in [1.82, 2.24) is 10.3 Å². The number of aryl methyl sites for hydroxylation is 1. The van der Waals surface area contributed by atoms with E-state index in [-0.39, 0.29) is 10.8 Å². The Morgan fingerprint density at radius 1 is 1.30 bits per heavy atom. The van der Waals surface area contributed by atoms with Crippen molar-refractivity contribution in [2.75, 3.05) is 0 Å². The van der Waals surface area contributed by atoms with Gasteiger partial charge in [0.05, 0.1) is 5.69 Å². The molecular formula is C16H17FN2O3S.